The molecule has 5 nitrogen and oxygen atoms in total. The molecule has 1 aliphatic carbocycles. The summed E-state index contributed by atoms with van der Waals surface area (Å²) in [6.07, 6.45) is 1.75. The van der Waals surface area contributed by atoms with Gasteiger partial charge in [0.2, 0.25) is 0 Å². The molecule has 110 valence electrons. The lowest BCUT2D eigenvalue weighted by Crippen LogP contribution is -2.23. The zero-order chi connectivity index (χ0) is 14.9. The molecule has 1 fully saturated rings. The molecule has 1 aliphatic rings. The molecule has 1 aromatic rings. The van der Waals surface area contributed by atoms with E-state index in [0.717, 1.165) is 18.5 Å². The second-order valence-corrected chi connectivity index (χ2v) is 6.47. The Hall–Kier alpha value is -1.62. The van der Waals surface area contributed by atoms with Crippen molar-refractivity contribution in [3.63, 3.8) is 0 Å². The molecule has 3 N–H and O–H groups in total. The van der Waals surface area contributed by atoms with E-state index in [0.29, 0.717) is 18.3 Å². The topological polar surface area (TPSA) is 82.5 Å². The van der Waals surface area contributed by atoms with E-state index in [2.05, 4.69) is 10.3 Å². The quantitative estimate of drug-likeness (QED) is 0.769. The Balaban J connectivity index is 2.17. The molecule has 1 saturated carbocycles. The van der Waals surface area contributed by atoms with Crippen molar-refractivity contribution >= 4 is 11.8 Å². The molecule has 0 aromatic carbocycles. The van der Waals surface area contributed by atoms with Gasteiger partial charge < -0.3 is 15.5 Å². The van der Waals surface area contributed by atoms with Crippen LogP contribution < -0.4 is 5.32 Å². The van der Waals surface area contributed by atoms with Crippen LogP contribution in [0.5, 0.6) is 0 Å². The van der Waals surface area contributed by atoms with Gasteiger partial charge in [-0.05, 0) is 30.9 Å². The first-order valence-electron chi connectivity index (χ1n) is 6.95. The van der Waals surface area contributed by atoms with E-state index >= 15 is 0 Å². The van der Waals surface area contributed by atoms with Gasteiger partial charge in [0, 0.05) is 17.7 Å². The maximum atomic E-state index is 11.2. The zero-order valence-electron chi connectivity index (χ0n) is 12.2. The molecular weight excluding hydrogens is 256 g/mol. The van der Waals surface area contributed by atoms with Crippen molar-refractivity contribution in [1.29, 1.82) is 0 Å². The Morgan fingerprint density at radius 2 is 2.10 bits per heavy atom. The van der Waals surface area contributed by atoms with Crippen LogP contribution >= 0.6 is 0 Å². The third-order valence-corrected chi connectivity index (χ3v) is 3.50. The first kappa shape index (κ1) is 14.8. The molecule has 1 atom stereocenters. The lowest BCUT2D eigenvalue weighted by atomic mass is 9.91. The molecule has 0 bridgehead atoms. The average Bonchev–Trinajstić information content (AvgIpc) is 3.18. The summed E-state index contributed by atoms with van der Waals surface area (Å²) in [4.78, 5) is 15.6. The molecule has 0 amide bonds. The van der Waals surface area contributed by atoms with Crippen molar-refractivity contribution in [2.45, 2.75) is 45.1 Å². The normalized spacial score (nSPS) is 16.8. The number of carboxylic acid groups (broad SMARTS) is 1. The van der Waals surface area contributed by atoms with Crippen LogP contribution in [0.2, 0.25) is 0 Å². The van der Waals surface area contributed by atoms with Gasteiger partial charge in [-0.1, -0.05) is 20.8 Å². The number of carboxylic acids is 1. The summed E-state index contributed by atoms with van der Waals surface area (Å²) in [5.41, 5.74) is 0.714. The van der Waals surface area contributed by atoms with Crippen LogP contribution in [0.4, 0.5) is 5.82 Å². The number of hydrogen-bond donors (Lipinski definition) is 3. The summed E-state index contributed by atoms with van der Waals surface area (Å²) in [5.74, 6) is -0.0783. The first-order valence-corrected chi connectivity index (χ1v) is 6.95. The Bertz CT molecular complexity index is 504. The van der Waals surface area contributed by atoms with Crippen molar-refractivity contribution in [1.82, 2.24) is 4.98 Å². The summed E-state index contributed by atoms with van der Waals surface area (Å²) in [6, 6.07) is 3.11. The van der Waals surface area contributed by atoms with Gasteiger partial charge in [0.25, 0.3) is 0 Å². The number of nitrogens with one attached hydrogen (secondary N) is 1. The van der Waals surface area contributed by atoms with Crippen LogP contribution in [-0.4, -0.2) is 33.8 Å². The van der Waals surface area contributed by atoms with Gasteiger partial charge in [-0.3, -0.25) is 0 Å². The second kappa shape index (κ2) is 5.40. The van der Waals surface area contributed by atoms with Gasteiger partial charge in [0.05, 0.1) is 11.7 Å². The zero-order valence-corrected chi connectivity index (χ0v) is 12.2. The van der Waals surface area contributed by atoms with Crippen LogP contribution in [0.15, 0.2) is 12.1 Å². The van der Waals surface area contributed by atoms with E-state index in [1.54, 1.807) is 6.07 Å². The average molecular weight is 278 g/mol. The lowest BCUT2D eigenvalue weighted by molar-refractivity contribution is 0.0696. The van der Waals surface area contributed by atoms with E-state index < -0.39 is 5.97 Å². The molecule has 0 radical (unpaired) electrons. The summed E-state index contributed by atoms with van der Waals surface area (Å²) in [5, 5.41) is 22.1. The highest BCUT2D eigenvalue weighted by atomic mass is 16.4. The van der Waals surface area contributed by atoms with Gasteiger partial charge in [-0.15, -0.1) is 0 Å². The Morgan fingerprint density at radius 1 is 1.45 bits per heavy atom. The second-order valence-electron chi connectivity index (χ2n) is 6.47. The Kier molecular flexibility index (Phi) is 3.99. The van der Waals surface area contributed by atoms with E-state index in [9.17, 15) is 15.0 Å². The van der Waals surface area contributed by atoms with Crippen molar-refractivity contribution < 1.29 is 15.0 Å². The number of anilines is 1. The minimum Gasteiger partial charge on any atom is -0.478 e. The number of aliphatic hydroxyl groups is 1. The van der Waals surface area contributed by atoms with Gasteiger partial charge >= 0.3 is 5.97 Å². The van der Waals surface area contributed by atoms with Gasteiger partial charge in [0.15, 0.2) is 0 Å². The number of carbonyl (C=O) groups is 1. The molecule has 1 heterocycles. The molecule has 0 saturated heterocycles. The fourth-order valence-corrected chi connectivity index (χ4v) is 1.99. The van der Waals surface area contributed by atoms with E-state index in [-0.39, 0.29) is 17.1 Å². The molecular formula is C15H22N2O3. The lowest BCUT2D eigenvalue weighted by Gasteiger charge is -2.20. The van der Waals surface area contributed by atoms with Crippen LogP contribution in [0.3, 0.4) is 0 Å². The fraction of sp³-hybridized carbons (Fsp3) is 0.600. The smallest absolute Gasteiger partial charge is 0.335 e. The Labute approximate surface area is 119 Å². The summed E-state index contributed by atoms with van der Waals surface area (Å²) in [7, 11) is 0. The molecule has 2 rings (SSSR count). The number of aromatic carboxylic acids is 1. The maximum absolute atomic E-state index is 11.2. The van der Waals surface area contributed by atoms with Gasteiger partial charge in [-0.2, -0.15) is 0 Å². The highest BCUT2D eigenvalue weighted by Gasteiger charge is 2.29. The van der Waals surface area contributed by atoms with E-state index in [1.807, 2.05) is 20.8 Å². The predicted octanol–water partition coefficient (Wildman–Crippen LogP) is 2.26. The molecule has 5 heteroatoms. The third-order valence-electron chi connectivity index (χ3n) is 3.50. The number of aliphatic hydroxyl groups excluding tert-OH is 1. The summed E-state index contributed by atoms with van der Waals surface area (Å²) in [6.45, 7) is 6.38. The number of pyridine rings is 1. The van der Waals surface area contributed by atoms with Crippen LogP contribution in [0.25, 0.3) is 0 Å². The van der Waals surface area contributed by atoms with E-state index in [1.165, 1.54) is 6.07 Å². The summed E-state index contributed by atoms with van der Waals surface area (Å²) >= 11 is 0. The van der Waals surface area contributed by atoms with Crippen molar-refractivity contribution in [2.24, 2.45) is 5.92 Å². The molecule has 20 heavy (non-hydrogen) atoms. The number of nitrogens with zero attached hydrogens (tertiary/aromatic N) is 1. The number of hydrogen-bond acceptors (Lipinski definition) is 4. The molecule has 0 aliphatic heterocycles. The highest BCUT2D eigenvalue weighted by Crippen LogP contribution is 2.32. The maximum Gasteiger partial charge on any atom is 0.335 e. The first-order chi connectivity index (χ1) is 9.27. The molecule has 1 aromatic heterocycles. The SMILES string of the molecule is CC(C)(C)c1cc(C(=O)O)cc(NCC(O)C2CC2)n1. The highest BCUT2D eigenvalue weighted by molar-refractivity contribution is 5.88. The minimum absolute atomic E-state index is 0.216. The van der Waals surface area contributed by atoms with Crippen LogP contribution in [-0.2, 0) is 5.41 Å². The third kappa shape index (κ3) is 3.70. The van der Waals surface area contributed by atoms with Crippen LogP contribution in [0, 0.1) is 5.92 Å². The van der Waals surface area contributed by atoms with Crippen molar-refractivity contribution in [2.75, 3.05) is 11.9 Å². The summed E-state index contributed by atoms with van der Waals surface area (Å²) < 4.78 is 0. The number of rotatable bonds is 5. The number of aromatic nitrogens is 1. The standard InChI is InChI=1S/C15H22N2O3/c1-15(2,3)12-6-10(14(19)20)7-13(17-12)16-8-11(18)9-4-5-9/h6-7,9,11,18H,4-5,8H2,1-3H3,(H,16,17)(H,19,20). The minimum atomic E-state index is -0.969. The monoisotopic (exact) mass is 278 g/mol. The molecule has 0 spiro atoms. The molecule has 1 unspecified atom stereocenters. The van der Waals surface area contributed by atoms with Crippen molar-refractivity contribution in [3.8, 4) is 0 Å². The largest absolute Gasteiger partial charge is 0.478 e. The Morgan fingerprint density at radius 3 is 2.60 bits per heavy atom. The fourth-order valence-electron chi connectivity index (χ4n) is 1.99. The van der Waals surface area contributed by atoms with Gasteiger partial charge in [0.1, 0.15) is 5.82 Å². The van der Waals surface area contributed by atoms with E-state index in [4.69, 9.17) is 0 Å². The van der Waals surface area contributed by atoms with Crippen molar-refractivity contribution in [3.05, 3.63) is 23.4 Å². The predicted molar refractivity (Wildman–Crippen MR) is 77.1 cm³/mol. The van der Waals surface area contributed by atoms with Crippen LogP contribution in [0.1, 0.15) is 49.7 Å². The van der Waals surface area contributed by atoms with Gasteiger partial charge in [-0.25, -0.2) is 9.78 Å².